The molecule has 1 saturated heterocycles. The molecule has 6 nitrogen and oxygen atoms in total. The van der Waals surface area contributed by atoms with E-state index in [1.807, 2.05) is 42.5 Å². The summed E-state index contributed by atoms with van der Waals surface area (Å²) in [5.74, 6) is 1.38. The first-order valence-electron chi connectivity index (χ1n) is 10.4. The number of amides is 2. The number of carbonyl (C=O) groups is 2. The highest BCUT2D eigenvalue weighted by Crippen LogP contribution is 2.33. The zero-order valence-corrected chi connectivity index (χ0v) is 20.6. The minimum Gasteiger partial charge on any atom is -0.497 e. The molecule has 3 aromatic rings. The van der Waals surface area contributed by atoms with E-state index in [4.69, 9.17) is 33.0 Å². The van der Waals surface area contributed by atoms with Gasteiger partial charge in [0, 0.05) is 23.2 Å². The molecule has 0 atom stereocenters. The van der Waals surface area contributed by atoms with Crippen LogP contribution in [0.4, 0.5) is 0 Å². The number of ether oxygens (including phenoxy) is 1. The molecule has 4 rings (SSSR count). The van der Waals surface area contributed by atoms with Crippen LogP contribution in [0.15, 0.2) is 70.0 Å². The van der Waals surface area contributed by atoms with Gasteiger partial charge in [-0.3, -0.25) is 14.5 Å². The molecule has 0 radical (unpaired) electrons. The topological polar surface area (TPSA) is 71.8 Å². The quantitative estimate of drug-likeness (QED) is 0.332. The van der Waals surface area contributed by atoms with E-state index in [0.717, 1.165) is 28.6 Å². The summed E-state index contributed by atoms with van der Waals surface area (Å²) in [6, 6.07) is 18.5. The van der Waals surface area contributed by atoms with E-state index >= 15 is 0 Å². The number of halogens is 1. The molecule has 9 heteroatoms. The summed E-state index contributed by atoms with van der Waals surface area (Å²) < 4.78 is 11.3. The number of rotatable bonds is 8. The van der Waals surface area contributed by atoms with Crippen LogP contribution < -0.4 is 10.1 Å². The zero-order valence-electron chi connectivity index (χ0n) is 18.2. The molecule has 1 aromatic heterocycles. The van der Waals surface area contributed by atoms with Crippen LogP contribution in [0, 0.1) is 0 Å². The van der Waals surface area contributed by atoms with Crippen LogP contribution >= 0.6 is 35.6 Å². The van der Waals surface area contributed by atoms with E-state index in [2.05, 4.69) is 5.32 Å². The molecular weight excluding hydrogens is 492 g/mol. The van der Waals surface area contributed by atoms with Gasteiger partial charge in [0.15, 0.2) is 0 Å². The molecule has 1 aliphatic rings. The van der Waals surface area contributed by atoms with Gasteiger partial charge in [0.05, 0.1) is 12.0 Å². The first kappa shape index (κ1) is 24.1. The Morgan fingerprint density at radius 1 is 1.15 bits per heavy atom. The summed E-state index contributed by atoms with van der Waals surface area (Å²) in [5, 5.41) is 3.48. The molecule has 2 amide bonds. The molecule has 0 unspecified atom stereocenters. The Morgan fingerprint density at radius 3 is 2.59 bits per heavy atom. The van der Waals surface area contributed by atoms with Crippen molar-refractivity contribution in [2.24, 2.45) is 0 Å². The second-order valence-corrected chi connectivity index (χ2v) is 9.54. The van der Waals surface area contributed by atoms with Gasteiger partial charge in [0.25, 0.3) is 5.91 Å². The fraction of sp³-hybridized carbons (Fsp3) is 0.160. The highest BCUT2D eigenvalue weighted by molar-refractivity contribution is 8.26. The van der Waals surface area contributed by atoms with Gasteiger partial charge in [0.2, 0.25) is 5.91 Å². The number of nitrogens with zero attached hydrogens (tertiary/aromatic N) is 1. The highest BCUT2D eigenvalue weighted by Gasteiger charge is 2.33. The largest absolute Gasteiger partial charge is 0.497 e. The second-order valence-electron chi connectivity index (χ2n) is 7.42. The monoisotopic (exact) mass is 512 g/mol. The van der Waals surface area contributed by atoms with Crippen LogP contribution in [0.5, 0.6) is 5.75 Å². The summed E-state index contributed by atoms with van der Waals surface area (Å²) in [6.07, 6.45) is 2.31. The van der Waals surface area contributed by atoms with Crippen molar-refractivity contribution in [1.82, 2.24) is 10.2 Å². The fourth-order valence-corrected chi connectivity index (χ4v) is 4.66. The predicted molar refractivity (Wildman–Crippen MR) is 139 cm³/mol. The minimum atomic E-state index is -0.315. The molecular formula is C25H21ClN2O4S2. The van der Waals surface area contributed by atoms with Gasteiger partial charge in [-0.05, 0) is 60.5 Å². The molecule has 1 fully saturated rings. The lowest BCUT2D eigenvalue weighted by Crippen LogP contribution is -2.40. The van der Waals surface area contributed by atoms with Crippen LogP contribution in [0.3, 0.4) is 0 Å². The van der Waals surface area contributed by atoms with Crippen molar-refractivity contribution in [3.8, 4) is 17.1 Å². The van der Waals surface area contributed by atoms with Crippen molar-refractivity contribution in [3.05, 3.63) is 81.9 Å². The maximum Gasteiger partial charge on any atom is 0.266 e. The number of nitrogens with one attached hydrogen (secondary N) is 1. The Balaban J connectivity index is 1.32. The van der Waals surface area contributed by atoms with Crippen molar-refractivity contribution >= 4 is 57.8 Å². The van der Waals surface area contributed by atoms with Crippen LogP contribution in [-0.4, -0.2) is 41.2 Å². The summed E-state index contributed by atoms with van der Waals surface area (Å²) in [6.45, 7) is 0.328. The third kappa shape index (κ3) is 5.88. The normalized spacial score (nSPS) is 14.6. The molecule has 0 aliphatic carbocycles. The number of benzene rings is 2. The SMILES string of the molecule is COc1ccc(CCNC(=O)CN2C(=O)/C(=C/c3ccc(-c4ccc(Cl)cc4)o3)SC2=S)cc1. The van der Waals surface area contributed by atoms with Crippen LogP contribution in [0.1, 0.15) is 11.3 Å². The van der Waals surface area contributed by atoms with E-state index in [0.29, 0.717) is 38.7 Å². The summed E-state index contributed by atoms with van der Waals surface area (Å²) in [4.78, 5) is 26.9. The minimum absolute atomic E-state index is 0.126. The van der Waals surface area contributed by atoms with E-state index in [1.54, 1.807) is 31.4 Å². The molecule has 0 spiro atoms. The average molecular weight is 513 g/mol. The van der Waals surface area contributed by atoms with E-state index in [1.165, 1.54) is 4.90 Å². The number of thioether (sulfide) groups is 1. The number of carbonyl (C=O) groups excluding carboxylic acids is 2. The van der Waals surface area contributed by atoms with Crippen LogP contribution in [-0.2, 0) is 16.0 Å². The third-order valence-corrected chi connectivity index (χ3v) is 6.73. The first-order chi connectivity index (χ1) is 16.4. The van der Waals surface area contributed by atoms with Gasteiger partial charge in [0.1, 0.15) is 28.1 Å². The van der Waals surface area contributed by atoms with E-state index < -0.39 is 0 Å². The highest BCUT2D eigenvalue weighted by atomic mass is 35.5. The van der Waals surface area contributed by atoms with Gasteiger partial charge < -0.3 is 14.5 Å². The van der Waals surface area contributed by atoms with Gasteiger partial charge >= 0.3 is 0 Å². The lowest BCUT2D eigenvalue weighted by molar-refractivity contribution is -0.128. The summed E-state index contributed by atoms with van der Waals surface area (Å²) in [5.41, 5.74) is 1.95. The molecule has 1 aliphatic heterocycles. The lowest BCUT2D eigenvalue weighted by atomic mass is 10.1. The maximum absolute atomic E-state index is 12.8. The number of hydrogen-bond acceptors (Lipinski definition) is 6. The molecule has 1 N–H and O–H groups in total. The molecule has 2 heterocycles. The molecule has 0 bridgehead atoms. The lowest BCUT2D eigenvalue weighted by Gasteiger charge is -2.14. The predicted octanol–water partition coefficient (Wildman–Crippen LogP) is 5.17. The fourth-order valence-electron chi connectivity index (χ4n) is 3.30. The Morgan fingerprint density at radius 2 is 1.88 bits per heavy atom. The Hall–Kier alpha value is -3.07. The number of furan rings is 1. The van der Waals surface area contributed by atoms with Crippen molar-refractivity contribution in [1.29, 1.82) is 0 Å². The zero-order chi connectivity index (χ0) is 24.1. The Bertz CT molecular complexity index is 1240. The van der Waals surface area contributed by atoms with Gasteiger partial charge in [-0.15, -0.1) is 0 Å². The van der Waals surface area contributed by atoms with Crippen LogP contribution in [0.2, 0.25) is 5.02 Å². The number of hydrogen-bond donors (Lipinski definition) is 1. The second kappa shape index (κ2) is 10.9. The average Bonchev–Trinajstić information content (AvgIpc) is 3.40. The van der Waals surface area contributed by atoms with Gasteiger partial charge in [-0.2, -0.15) is 0 Å². The number of methoxy groups -OCH3 is 1. The van der Waals surface area contributed by atoms with Crippen molar-refractivity contribution in [2.75, 3.05) is 20.2 Å². The number of thiocarbonyl (C=S) groups is 1. The van der Waals surface area contributed by atoms with Gasteiger partial charge in [-0.25, -0.2) is 0 Å². The van der Waals surface area contributed by atoms with Crippen molar-refractivity contribution in [2.45, 2.75) is 6.42 Å². The summed E-state index contributed by atoms with van der Waals surface area (Å²) in [7, 11) is 1.62. The smallest absolute Gasteiger partial charge is 0.266 e. The third-order valence-electron chi connectivity index (χ3n) is 5.10. The van der Waals surface area contributed by atoms with E-state index in [-0.39, 0.29) is 18.4 Å². The maximum atomic E-state index is 12.8. The van der Waals surface area contributed by atoms with Crippen molar-refractivity contribution in [3.63, 3.8) is 0 Å². The molecule has 2 aromatic carbocycles. The standard InChI is InChI=1S/C25H21ClN2O4S2/c1-31-19-8-2-16(3-9-19)12-13-27-23(29)15-28-24(30)22(34-25(28)33)14-20-10-11-21(32-20)17-4-6-18(26)7-5-17/h2-11,14H,12-13,15H2,1H3,(H,27,29)/b22-14-. The Labute approximate surface area is 211 Å². The first-order valence-corrected chi connectivity index (χ1v) is 12.0. The van der Waals surface area contributed by atoms with E-state index in [9.17, 15) is 9.59 Å². The molecule has 174 valence electrons. The molecule has 0 saturated carbocycles. The summed E-state index contributed by atoms with van der Waals surface area (Å²) >= 11 is 12.4. The van der Waals surface area contributed by atoms with Crippen LogP contribution in [0.25, 0.3) is 17.4 Å². The van der Waals surface area contributed by atoms with Gasteiger partial charge in [-0.1, -0.05) is 47.7 Å². The van der Waals surface area contributed by atoms with Crippen molar-refractivity contribution < 1.29 is 18.7 Å². The molecule has 34 heavy (non-hydrogen) atoms. The Kier molecular flexibility index (Phi) is 7.72.